The van der Waals surface area contributed by atoms with Crippen molar-refractivity contribution >= 4 is 28.5 Å². The highest BCUT2D eigenvalue weighted by atomic mass is 16.2. The molecule has 0 aliphatic carbocycles. The van der Waals surface area contributed by atoms with Crippen LogP contribution in [-0.2, 0) is 16.0 Å². The SMILES string of the molecule is NC(=O)C(=O)C(Cc1c[nH]c2ccccc12)NC(=O)c1cncn1-c1ccncc1. The van der Waals surface area contributed by atoms with Gasteiger partial charge in [0.1, 0.15) is 11.7 Å². The first-order valence-corrected chi connectivity index (χ1v) is 9.17. The summed E-state index contributed by atoms with van der Waals surface area (Å²) in [5, 5.41) is 3.53. The number of hydrogen-bond acceptors (Lipinski definition) is 5. The Labute approximate surface area is 170 Å². The fraction of sp³-hybridized carbons (Fsp3) is 0.0952. The van der Waals surface area contributed by atoms with Crippen molar-refractivity contribution in [2.75, 3.05) is 0 Å². The molecule has 0 aliphatic rings. The van der Waals surface area contributed by atoms with Gasteiger partial charge in [-0.05, 0) is 23.8 Å². The summed E-state index contributed by atoms with van der Waals surface area (Å²) < 4.78 is 1.56. The lowest BCUT2D eigenvalue weighted by molar-refractivity contribution is -0.137. The highest BCUT2D eigenvalue weighted by Crippen LogP contribution is 2.19. The van der Waals surface area contributed by atoms with E-state index in [4.69, 9.17) is 5.73 Å². The van der Waals surface area contributed by atoms with E-state index in [0.29, 0.717) is 5.69 Å². The number of Topliss-reactive ketones (excluding diaryl/α,β-unsaturated/α-hetero) is 1. The number of pyridine rings is 1. The molecule has 4 aromatic rings. The van der Waals surface area contributed by atoms with Gasteiger partial charge >= 0.3 is 0 Å². The third kappa shape index (κ3) is 3.68. The average molecular weight is 402 g/mol. The van der Waals surface area contributed by atoms with Gasteiger partial charge in [-0.25, -0.2) is 4.98 Å². The standard InChI is InChI=1S/C21H18N6O3/c22-20(29)19(28)17(9-13-10-25-16-4-2-1-3-15(13)16)26-21(30)18-11-24-12-27(18)14-5-7-23-8-6-14/h1-8,10-12,17,25H,9H2,(H2,22,29)(H,26,30). The first-order chi connectivity index (χ1) is 14.5. The van der Waals surface area contributed by atoms with Crippen molar-refractivity contribution in [1.82, 2.24) is 24.8 Å². The summed E-state index contributed by atoms with van der Waals surface area (Å²) in [6.45, 7) is 0. The van der Waals surface area contributed by atoms with Crippen LogP contribution in [0.15, 0.2) is 67.5 Å². The number of benzene rings is 1. The van der Waals surface area contributed by atoms with E-state index in [9.17, 15) is 14.4 Å². The number of nitrogens with one attached hydrogen (secondary N) is 2. The molecule has 9 heteroatoms. The number of H-pyrrole nitrogens is 1. The molecular formula is C21H18N6O3. The van der Waals surface area contributed by atoms with Crippen molar-refractivity contribution in [2.24, 2.45) is 5.73 Å². The number of ketones is 1. The largest absolute Gasteiger partial charge is 0.363 e. The number of nitrogens with zero attached hydrogens (tertiary/aromatic N) is 3. The second-order valence-corrected chi connectivity index (χ2v) is 6.67. The molecule has 0 bridgehead atoms. The predicted molar refractivity (Wildman–Crippen MR) is 109 cm³/mol. The number of hydrogen-bond donors (Lipinski definition) is 3. The normalized spacial score (nSPS) is 11.9. The molecule has 0 spiro atoms. The van der Waals surface area contributed by atoms with Gasteiger partial charge < -0.3 is 16.0 Å². The zero-order chi connectivity index (χ0) is 21.1. The molecule has 3 aromatic heterocycles. The molecule has 3 heterocycles. The lowest BCUT2D eigenvalue weighted by Crippen LogP contribution is -2.47. The molecule has 1 unspecified atom stereocenters. The summed E-state index contributed by atoms with van der Waals surface area (Å²) >= 11 is 0. The maximum Gasteiger partial charge on any atom is 0.287 e. The summed E-state index contributed by atoms with van der Waals surface area (Å²) in [6.07, 6.45) is 7.91. The van der Waals surface area contributed by atoms with Gasteiger partial charge in [-0.2, -0.15) is 0 Å². The van der Waals surface area contributed by atoms with E-state index < -0.39 is 23.6 Å². The fourth-order valence-corrected chi connectivity index (χ4v) is 3.31. The van der Waals surface area contributed by atoms with Crippen LogP contribution in [0.4, 0.5) is 0 Å². The Morgan fingerprint density at radius 1 is 1.10 bits per heavy atom. The Kier molecular flexibility index (Phi) is 5.08. The van der Waals surface area contributed by atoms with Crippen LogP contribution in [0.2, 0.25) is 0 Å². The lowest BCUT2D eigenvalue weighted by Gasteiger charge is -2.16. The highest BCUT2D eigenvalue weighted by Gasteiger charge is 2.28. The summed E-state index contributed by atoms with van der Waals surface area (Å²) in [4.78, 5) is 48.0. The van der Waals surface area contributed by atoms with Crippen molar-refractivity contribution in [2.45, 2.75) is 12.5 Å². The number of para-hydroxylation sites is 1. The molecule has 1 aromatic carbocycles. The molecule has 4 rings (SSSR count). The maximum absolute atomic E-state index is 12.9. The number of aromatic amines is 1. The van der Waals surface area contributed by atoms with Gasteiger partial charge in [0.05, 0.1) is 18.2 Å². The molecule has 9 nitrogen and oxygen atoms in total. The molecule has 0 saturated heterocycles. The topological polar surface area (TPSA) is 136 Å². The van der Waals surface area contributed by atoms with Crippen molar-refractivity contribution in [3.8, 4) is 5.69 Å². The third-order valence-corrected chi connectivity index (χ3v) is 4.78. The van der Waals surface area contributed by atoms with Crippen LogP contribution in [0, 0.1) is 0 Å². The van der Waals surface area contributed by atoms with Gasteiger partial charge in [-0.15, -0.1) is 0 Å². The van der Waals surface area contributed by atoms with E-state index in [1.54, 1.807) is 35.3 Å². The molecule has 4 N–H and O–H groups in total. The number of carbonyl (C=O) groups excluding carboxylic acids is 3. The Balaban J connectivity index is 1.62. The van der Waals surface area contributed by atoms with Crippen LogP contribution in [0.5, 0.6) is 0 Å². The fourth-order valence-electron chi connectivity index (χ4n) is 3.31. The highest BCUT2D eigenvalue weighted by molar-refractivity contribution is 6.38. The first-order valence-electron chi connectivity index (χ1n) is 9.17. The van der Waals surface area contributed by atoms with E-state index in [2.05, 4.69) is 20.3 Å². The number of amides is 2. The summed E-state index contributed by atoms with van der Waals surface area (Å²) in [5.41, 5.74) is 7.79. The van der Waals surface area contributed by atoms with E-state index >= 15 is 0 Å². The zero-order valence-corrected chi connectivity index (χ0v) is 15.8. The molecule has 0 saturated carbocycles. The van der Waals surface area contributed by atoms with Gasteiger partial charge in [0.15, 0.2) is 0 Å². The first kappa shape index (κ1) is 19.1. The lowest BCUT2D eigenvalue weighted by atomic mass is 10.0. The molecule has 0 radical (unpaired) electrons. The number of rotatable bonds is 7. The molecule has 0 aliphatic heterocycles. The smallest absolute Gasteiger partial charge is 0.287 e. The Morgan fingerprint density at radius 2 is 1.87 bits per heavy atom. The Bertz CT molecular complexity index is 1230. The quantitative estimate of drug-likeness (QED) is 0.398. The third-order valence-electron chi connectivity index (χ3n) is 4.78. The molecule has 0 fully saturated rings. The second-order valence-electron chi connectivity index (χ2n) is 6.67. The van der Waals surface area contributed by atoms with E-state index in [1.807, 2.05) is 24.3 Å². The van der Waals surface area contributed by atoms with Crippen molar-refractivity contribution < 1.29 is 14.4 Å². The Morgan fingerprint density at radius 3 is 2.63 bits per heavy atom. The predicted octanol–water partition coefficient (Wildman–Crippen LogP) is 1.14. The zero-order valence-electron chi connectivity index (χ0n) is 15.8. The van der Waals surface area contributed by atoms with Crippen LogP contribution in [0.1, 0.15) is 16.1 Å². The van der Waals surface area contributed by atoms with Crippen LogP contribution >= 0.6 is 0 Å². The van der Waals surface area contributed by atoms with Crippen LogP contribution in [-0.4, -0.2) is 43.2 Å². The van der Waals surface area contributed by atoms with Crippen LogP contribution in [0.25, 0.3) is 16.6 Å². The summed E-state index contributed by atoms with van der Waals surface area (Å²) in [6, 6.07) is 9.87. The maximum atomic E-state index is 12.9. The van der Waals surface area contributed by atoms with Gasteiger partial charge in [-0.1, -0.05) is 18.2 Å². The summed E-state index contributed by atoms with van der Waals surface area (Å²) in [5.74, 6) is -2.53. The van der Waals surface area contributed by atoms with E-state index in [-0.39, 0.29) is 12.1 Å². The van der Waals surface area contributed by atoms with Gasteiger partial charge in [0.25, 0.3) is 11.8 Å². The number of aromatic nitrogens is 4. The van der Waals surface area contributed by atoms with Crippen molar-refractivity contribution in [3.05, 3.63) is 78.8 Å². The minimum absolute atomic E-state index is 0.112. The number of primary amides is 1. The number of fused-ring (bicyclic) bond motifs is 1. The number of imidazole rings is 1. The molecule has 1 atom stereocenters. The summed E-state index contributed by atoms with van der Waals surface area (Å²) in [7, 11) is 0. The van der Waals surface area contributed by atoms with E-state index in [1.165, 1.54) is 12.5 Å². The molecule has 150 valence electrons. The molecular weight excluding hydrogens is 384 g/mol. The van der Waals surface area contributed by atoms with Gasteiger partial charge in [-0.3, -0.25) is 23.9 Å². The number of nitrogens with two attached hydrogens (primary N) is 1. The van der Waals surface area contributed by atoms with Crippen LogP contribution in [0.3, 0.4) is 0 Å². The van der Waals surface area contributed by atoms with Gasteiger partial charge in [0, 0.05) is 35.9 Å². The average Bonchev–Trinajstić information content (AvgIpc) is 3.41. The second kappa shape index (κ2) is 8.00. The molecule has 30 heavy (non-hydrogen) atoms. The molecule has 2 amide bonds. The van der Waals surface area contributed by atoms with Crippen molar-refractivity contribution in [1.29, 1.82) is 0 Å². The van der Waals surface area contributed by atoms with Gasteiger partial charge in [0.2, 0.25) is 5.78 Å². The van der Waals surface area contributed by atoms with Crippen molar-refractivity contribution in [3.63, 3.8) is 0 Å². The van der Waals surface area contributed by atoms with E-state index in [0.717, 1.165) is 16.5 Å². The number of carbonyl (C=O) groups is 3. The van der Waals surface area contributed by atoms with Crippen LogP contribution < -0.4 is 11.1 Å². The minimum Gasteiger partial charge on any atom is -0.363 e. The Hall–Kier alpha value is -4.27. The monoisotopic (exact) mass is 402 g/mol. The minimum atomic E-state index is -1.12.